The van der Waals surface area contributed by atoms with Crippen LogP contribution in [-0.4, -0.2) is 44.8 Å². The van der Waals surface area contributed by atoms with Gasteiger partial charge in [-0.25, -0.2) is 4.79 Å². The highest BCUT2D eigenvalue weighted by atomic mass is 32.1. The summed E-state index contributed by atoms with van der Waals surface area (Å²) in [4.78, 5) is 25.8. The van der Waals surface area contributed by atoms with E-state index in [0.29, 0.717) is 23.2 Å². The fraction of sp³-hybridized carbons (Fsp3) is 0.474. The maximum absolute atomic E-state index is 12.5. The molecule has 27 heavy (non-hydrogen) atoms. The molecule has 0 saturated heterocycles. The third-order valence-corrected chi connectivity index (χ3v) is 6.00. The minimum Gasteiger partial charge on any atom is -0.465 e. The topological polar surface area (TPSA) is 95.4 Å². The van der Waals surface area contributed by atoms with Crippen LogP contribution in [0.1, 0.15) is 51.7 Å². The van der Waals surface area contributed by atoms with Crippen LogP contribution in [-0.2, 0) is 0 Å². The van der Waals surface area contributed by atoms with Crippen molar-refractivity contribution >= 4 is 28.5 Å². The van der Waals surface area contributed by atoms with Crippen molar-refractivity contribution in [2.75, 3.05) is 11.9 Å². The molecule has 2 fully saturated rings. The highest BCUT2D eigenvalue weighted by Gasteiger charge is 2.47. The summed E-state index contributed by atoms with van der Waals surface area (Å²) in [5.41, 5.74) is 2.70. The number of carboxylic acid groups (broad SMARTS) is 1. The molecule has 2 atom stereocenters. The molecule has 1 aromatic heterocycles. The second-order valence-corrected chi connectivity index (χ2v) is 8.62. The van der Waals surface area contributed by atoms with E-state index in [2.05, 4.69) is 15.5 Å². The molecule has 142 valence electrons. The first-order valence-electron chi connectivity index (χ1n) is 9.14. The molecular formula is C19H22N4O3S. The highest BCUT2D eigenvalue weighted by molar-refractivity contribution is 7.15. The third-order valence-electron chi connectivity index (χ3n) is 5.24. The second-order valence-electron chi connectivity index (χ2n) is 7.44. The van der Waals surface area contributed by atoms with E-state index in [1.165, 1.54) is 11.3 Å². The molecule has 2 amide bonds. The van der Waals surface area contributed by atoms with Crippen LogP contribution in [0.15, 0.2) is 18.2 Å². The molecule has 0 radical (unpaired) electrons. The molecule has 2 aliphatic carbocycles. The van der Waals surface area contributed by atoms with Crippen LogP contribution >= 0.6 is 11.3 Å². The number of amides is 2. The molecule has 2 aliphatic rings. The standard InChI is InChI=1S/C19H22N4O3S/c1-10-3-6-13(17(24)20-18-22-21-11(2)27-18)7-14(10)15-8-16(15)23(19(25)26)9-12-4-5-12/h3,6-7,12,15-16H,4-5,8-9H2,1-2H3,(H,25,26)(H,20,22,24)/t15-,16+/m0/s1. The Balaban J connectivity index is 1.49. The van der Waals surface area contributed by atoms with Crippen molar-refractivity contribution in [2.24, 2.45) is 5.92 Å². The molecule has 2 N–H and O–H groups in total. The molecule has 0 spiro atoms. The number of carbonyl (C=O) groups is 2. The average molecular weight is 386 g/mol. The van der Waals surface area contributed by atoms with Gasteiger partial charge >= 0.3 is 6.09 Å². The molecule has 0 unspecified atom stereocenters. The first-order chi connectivity index (χ1) is 12.9. The minimum absolute atomic E-state index is 0.0194. The zero-order valence-electron chi connectivity index (χ0n) is 15.3. The molecule has 8 heteroatoms. The smallest absolute Gasteiger partial charge is 0.407 e. The van der Waals surface area contributed by atoms with Gasteiger partial charge in [-0.1, -0.05) is 17.4 Å². The van der Waals surface area contributed by atoms with Crippen LogP contribution in [0.25, 0.3) is 0 Å². The summed E-state index contributed by atoms with van der Waals surface area (Å²) in [7, 11) is 0. The van der Waals surface area contributed by atoms with Gasteiger partial charge in [0, 0.05) is 24.1 Å². The number of benzene rings is 1. The molecule has 1 aromatic carbocycles. The molecule has 7 nitrogen and oxygen atoms in total. The van der Waals surface area contributed by atoms with Crippen LogP contribution in [0, 0.1) is 19.8 Å². The zero-order chi connectivity index (χ0) is 19.1. The number of nitrogens with one attached hydrogen (secondary N) is 1. The molecule has 0 bridgehead atoms. The lowest BCUT2D eigenvalue weighted by molar-refractivity contribution is 0.102. The second kappa shape index (κ2) is 6.92. The normalized spacial score (nSPS) is 21.0. The predicted molar refractivity (Wildman–Crippen MR) is 102 cm³/mol. The first-order valence-corrected chi connectivity index (χ1v) is 9.95. The highest BCUT2D eigenvalue weighted by Crippen LogP contribution is 2.47. The number of rotatable bonds is 6. The van der Waals surface area contributed by atoms with Gasteiger partial charge in [-0.2, -0.15) is 0 Å². The zero-order valence-corrected chi connectivity index (χ0v) is 16.1. The van der Waals surface area contributed by atoms with E-state index in [0.717, 1.165) is 35.4 Å². The van der Waals surface area contributed by atoms with Gasteiger partial charge in [-0.15, -0.1) is 10.2 Å². The maximum Gasteiger partial charge on any atom is 0.407 e. The number of nitrogens with zero attached hydrogens (tertiary/aromatic N) is 3. The Morgan fingerprint density at radius 3 is 2.70 bits per heavy atom. The van der Waals surface area contributed by atoms with Crippen molar-refractivity contribution in [3.8, 4) is 0 Å². The summed E-state index contributed by atoms with van der Waals surface area (Å²) in [5.74, 6) is 0.463. The van der Waals surface area contributed by atoms with Gasteiger partial charge in [-0.3, -0.25) is 10.1 Å². The lowest BCUT2D eigenvalue weighted by Gasteiger charge is -2.19. The van der Waals surface area contributed by atoms with Gasteiger partial charge in [0.05, 0.1) is 0 Å². The maximum atomic E-state index is 12.5. The van der Waals surface area contributed by atoms with Gasteiger partial charge in [0.15, 0.2) is 0 Å². The monoisotopic (exact) mass is 386 g/mol. The van der Waals surface area contributed by atoms with E-state index in [4.69, 9.17) is 0 Å². The minimum atomic E-state index is -0.840. The number of aryl methyl sites for hydroxylation is 2. The number of hydrogen-bond donors (Lipinski definition) is 2. The van der Waals surface area contributed by atoms with Crippen molar-refractivity contribution < 1.29 is 14.7 Å². The summed E-state index contributed by atoms with van der Waals surface area (Å²) in [6.07, 6.45) is 2.23. The molecule has 2 aromatic rings. The van der Waals surface area contributed by atoms with E-state index >= 15 is 0 Å². The lowest BCUT2D eigenvalue weighted by Crippen LogP contribution is -2.34. The van der Waals surface area contributed by atoms with E-state index in [1.54, 1.807) is 11.0 Å². The van der Waals surface area contributed by atoms with Crippen LogP contribution in [0.3, 0.4) is 0 Å². The predicted octanol–water partition coefficient (Wildman–Crippen LogP) is 3.65. The largest absolute Gasteiger partial charge is 0.465 e. The Kier molecular flexibility index (Phi) is 4.59. The van der Waals surface area contributed by atoms with E-state index < -0.39 is 6.09 Å². The van der Waals surface area contributed by atoms with Crippen LogP contribution in [0.5, 0.6) is 0 Å². The van der Waals surface area contributed by atoms with Gasteiger partial charge in [0.25, 0.3) is 5.91 Å². The van der Waals surface area contributed by atoms with Gasteiger partial charge in [-0.05, 0) is 62.3 Å². The molecule has 1 heterocycles. The Hall–Kier alpha value is -2.48. The van der Waals surface area contributed by atoms with Gasteiger partial charge in [0.2, 0.25) is 5.13 Å². The fourth-order valence-electron chi connectivity index (χ4n) is 3.49. The summed E-state index contributed by atoms with van der Waals surface area (Å²) in [5, 5.41) is 21.4. The summed E-state index contributed by atoms with van der Waals surface area (Å²) in [6, 6.07) is 5.63. The van der Waals surface area contributed by atoms with E-state index in [9.17, 15) is 14.7 Å². The number of aromatic nitrogens is 2. The quantitative estimate of drug-likeness (QED) is 0.790. The van der Waals surface area contributed by atoms with Gasteiger partial charge in [0.1, 0.15) is 5.01 Å². The van der Waals surface area contributed by atoms with Crippen LogP contribution < -0.4 is 5.32 Å². The average Bonchev–Trinajstić information content (AvgIpc) is 3.53. The number of hydrogen-bond acceptors (Lipinski definition) is 5. The summed E-state index contributed by atoms with van der Waals surface area (Å²) >= 11 is 1.33. The van der Waals surface area contributed by atoms with Crippen molar-refractivity contribution in [3.63, 3.8) is 0 Å². The molecule has 4 rings (SSSR count). The third kappa shape index (κ3) is 3.95. The molecule has 2 saturated carbocycles. The summed E-state index contributed by atoms with van der Waals surface area (Å²) < 4.78 is 0. The molecule has 0 aliphatic heterocycles. The Morgan fingerprint density at radius 1 is 1.30 bits per heavy atom. The van der Waals surface area contributed by atoms with Crippen LogP contribution in [0.2, 0.25) is 0 Å². The van der Waals surface area contributed by atoms with E-state index in [-0.39, 0.29) is 17.9 Å². The molecular weight excluding hydrogens is 364 g/mol. The van der Waals surface area contributed by atoms with Crippen molar-refractivity contribution in [2.45, 2.75) is 45.1 Å². The lowest BCUT2D eigenvalue weighted by atomic mass is 10.0. The van der Waals surface area contributed by atoms with E-state index in [1.807, 2.05) is 26.0 Å². The number of carbonyl (C=O) groups excluding carboxylic acids is 1. The Labute approximate surface area is 161 Å². The van der Waals surface area contributed by atoms with Gasteiger partial charge < -0.3 is 10.0 Å². The Morgan fingerprint density at radius 2 is 2.07 bits per heavy atom. The van der Waals surface area contributed by atoms with Crippen molar-refractivity contribution in [1.29, 1.82) is 0 Å². The Bertz CT molecular complexity index is 893. The first kappa shape index (κ1) is 17.9. The van der Waals surface area contributed by atoms with Crippen molar-refractivity contribution in [1.82, 2.24) is 15.1 Å². The fourth-order valence-corrected chi connectivity index (χ4v) is 4.08. The summed E-state index contributed by atoms with van der Waals surface area (Å²) in [6.45, 7) is 4.47. The van der Waals surface area contributed by atoms with Crippen molar-refractivity contribution in [3.05, 3.63) is 39.9 Å². The number of anilines is 1. The van der Waals surface area contributed by atoms with Crippen LogP contribution in [0.4, 0.5) is 9.93 Å². The SMILES string of the molecule is Cc1nnc(NC(=O)c2ccc(C)c([C@@H]3C[C@H]3N(CC3CC3)C(=O)O)c2)s1.